The maximum Gasteiger partial charge on any atom is 0.222 e. The third-order valence-electron chi connectivity index (χ3n) is 3.35. The van der Waals surface area contributed by atoms with E-state index in [-0.39, 0.29) is 24.9 Å². The Labute approximate surface area is 135 Å². The number of rotatable bonds is 8. The molecule has 0 aliphatic heterocycles. The summed E-state index contributed by atoms with van der Waals surface area (Å²) in [6.07, 6.45) is 0.544. The first-order valence-electron chi connectivity index (χ1n) is 6.97. The van der Waals surface area contributed by atoms with E-state index >= 15 is 0 Å². The van der Waals surface area contributed by atoms with Crippen LogP contribution < -0.4 is 5.32 Å². The summed E-state index contributed by atoms with van der Waals surface area (Å²) in [5.41, 5.74) is 0.519. The Balaban J connectivity index is 2.50. The Hall–Kier alpha value is -0.810. The average molecular weight is 334 g/mol. The second kappa shape index (κ2) is 9.26. The van der Waals surface area contributed by atoms with Gasteiger partial charge in [-0.1, -0.05) is 36.5 Å². The van der Waals surface area contributed by atoms with Gasteiger partial charge in [0.15, 0.2) is 0 Å². The zero-order valence-electron chi connectivity index (χ0n) is 12.0. The summed E-state index contributed by atoms with van der Waals surface area (Å²) >= 11 is 11.7. The summed E-state index contributed by atoms with van der Waals surface area (Å²) in [5.74, 6) is 0.00620. The number of nitrogens with one attached hydrogen (secondary N) is 1. The Bertz CT molecular complexity index is 448. The van der Waals surface area contributed by atoms with Crippen molar-refractivity contribution in [1.82, 2.24) is 5.32 Å². The van der Waals surface area contributed by atoms with Crippen LogP contribution in [-0.4, -0.2) is 29.3 Å². The van der Waals surface area contributed by atoms with Gasteiger partial charge in [0, 0.05) is 23.2 Å². The molecular weight excluding hydrogens is 313 g/mol. The van der Waals surface area contributed by atoms with E-state index in [1.807, 2.05) is 6.92 Å². The van der Waals surface area contributed by atoms with Gasteiger partial charge in [-0.25, -0.2) is 0 Å². The third kappa shape index (κ3) is 6.66. The first kappa shape index (κ1) is 18.2. The maximum absolute atomic E-state index is 11.8. The van der Waals surface area contributed by atoms with Gasteiger partial charge < -0.3 is 15.5 Å². The molecule has 2 unspecified atom stereocenters. The van der Waals surface area contributed by atoms with Gasteiger partial charge in [-0.15, -0.1) is 0 Å². The fourth-order valence-corrected chi connectivity index (χ4v) is 2.57. The SMILES string of the molecule is CCC(CCO)CNC(=O)CC(O)c1cc(Cl)cc(Cl)c1. The normalized spacial score (nSPS) is 13.8. The Kier molecular flexibility index (Phi) is 8.04. The van der Waals surface area contributed by atoms with Crippen molar-refractivity contribution < 1.29 is 15.0 Å². The van der Waals surface area contributed by atoms with Crippen LogP contribution in [0.5, 0.6) is 0 Å². The fraction of sp³-hybridized carbons (Fsp3) is 0.533. The highest BCUT2D eigenvalue weighted by atomic mass is 35.5. The first-order chi connectivity index (χ1) is 9.96. The van der Waals surface area contributed by atoms with Gasteiger partial charge >= 0.3 is 0 Å². The Morgan fingerprint density at radius 1 is 1.29 bits per heavy atom. The molecule has 1 aromatic carbocycles. The minimum atomic E-state index is -0.945. The van der Waals surface area contributed by atoms with E-state index < -0.39 is 6.10 Å². The van der Waals surface area contributed by atoms with Crippen molar-refractivity contribution in [2.24, 2.45) is 5.92 Å². The van der Waals surface area contributed by atoms with Gasteiger partial charge in [-0.2, -0.15) is 0 Å². The molecule has 0 bridgehead atoms. The van der Waals surface area contributed by atoms with Gasteiger partial charge in [-0.05, 0) is 36.1 Å². The third-order valence-corrected chi connectivity index (χ3v) is 3.79. The topological polar surface area (TPSA) is 69.6 Å². The van der Waals surface area contributed by atoms with Crippen LogP contribution in [0.2, 0.25) is 10.0 Å². The largest absolute Gasteiger partial charge is 0.396 e. The van der Waals surface area contributed by atoms with Crippen LogP contribution in [-0.2, 0) is 4.79 Å². The summed E-state index contributed by atoms with van der Waals surface area (Å²) in [4.78, 5) is 11.8. The van der Waals surface area contributed by atoms with Crippen molar-refractivity contribution >= 4 is 29.1 Å². The van der Waals surface area contributed by atoms with Crippen molar-refractivity contribution in [1.29, 1.82) is 0 Å². The number of carbonyl (C=O) groups is 1. The molecule has 4 nitrogen and oxygen atoms in total. The monoisotopic (exact) mass is 333 g/mol. The number of carbonyl (C=O) groups excluding carboxylic acids is 1. The summed E-state index contributed by atoms with van der Waals surface area (Å²) < 4.78 is 0. The van der Waals surface area contributed by atoms with E-state index in [2.05, 4.69) is 5.32 Å². The number of aliphatic hydroxyl groups excluding tert-OH is 2. The highest BCUT2D eigenvalue weighted by Gasteiger charge is 2.15. The number of benzene rings is 1. The quantitative estimate of drug-likeness (QED) is 0.685. The van der Waals surface area contributed by atoms with Gasteiger partial charge in [-0.3, -0.25) is 4.79 Å². The molecule has 0 saturated heterocycles. The standard InChI is InChI=1S/C15H21Cl2NO3/c1-2-10(3-4-19)9-18-15(21)8-14(20)11-5-12(16)7-13(17)6-11/h5-7,10,14,19-20H,2-4,8-9H2,1H3,(H,18,21). The lowest BCUT2D eigenvalue weighted by Gasteiger charge is -2.16. The molecule has 0 saturated carbocycles. The maximum atomic E-state index is 11.8. The minimum Gasteiger partial charge on any atom is -0.396 e. The van der Waals surface area contributed by atoms with Crippen LogP contribution in [0.25, 0.3) is 0 Å². The molecule has 0 aliphatic carbocycles. The van der Waals surface area contributed by atoms with Crippen LogP contribution in [0.4, 0.5) is 0 Å². The number of amides is 1. The van der Waals surface area contributed by atoms with Crippen molar-refractivity contribution in [2.75, 3.05) is 13.2 Å². The lowest BCUT2D eigenvalue weighted by molar-refractivity contribution is -0.123. The number of hydrogen-bond acceptors (Lipinski definition) is 3. The van der Waals surface area contributed by atoms with E-state index in [1.165, 1.54) is 0 Å². The fourth-order valence-electron chi connectivity index (χ4n) is 2.02. The van der Waals surface area contributed by atoms with E-state index in [9.17, 15) is 9.90 Å². The van der Waals surface area contributed by atoms with Crippen molar-refractivity contribution in [2.45, 2.75) is 32.3 Å². The lowest BCUT2D eigenvalue weighted by Crippen LogP contribution is -2.30. The summed E-state index contributed by atoms with van der Waals surface area (Å²) in [6, 6.07) is 4.75. The van der Waals surface area contributed by atoms with Crippen molar-refractivity contribution in [3.05, 3.63) is 33.8 Å². The highest BCUT2D eigenvalue weighted by molar-refractivity contribution is 6.34. The van der Waals surface area contributed by atoms with E-state index in [1.54, 1.807) is 18.2 Å². The predicted octanol–water partition coefficient (Wildman–Crippen LogP) is 2.94. The van der Waals surface area contributed by atoms with E-state index in [0.717, 1.165) is 6.42 Å². The van der Waals surface area contributed by atoms with Crippen LogP contribution in [0.15, 0.2) is 18.2 Å². The molecule has 0 heterocycles. The molecule has 0 radical (unpaired) electrons. The van der Waals surface area contributed by atoms with E-state index in [4.69, 9.17) is 28.3 Å². The zero-order valence-corrected chi connectivity index (χ0v) is 13.5. The van der Waals surface area contributed by atoms with Crippen molar-refractivity contribution in [3.8, 4) is 0 Å². The smallest absolute Gasteiger partial charge is 0.222 e. The lowest BCUT2D eigenvalue weighted by atomic mass is 10.0. The first-order valence-corrected chi connectivity index (χ1v) is 7.73. The van der Waals surface area contributed by atoms with Gasteiger partial charge in [0.1, 0.15) is 0 Å². The molecule has 118 valence electrons. The number of aliphatic hydroxyl groups is 2. The predicted molar refractivity (Wildman–Crippen MR) is 84.5 cm³/mol. The van der Waals surface area contributed by atoms with Crippen LogP contribution in [0, 0.1) is 5.92 Å². The summed E-state index contributed by atoms with van der Waals surface area (Å²) in [6.45, 7) is 2.62. The molecule has 0 aromatic heterocycles. The molecule has 3 N–H and O–H groups in total. The van der Waals surface area contributed by atoms with Crippen LogP contribution >= 0.6 is 23.2 Å². The molecule has 0 spiro atoms. The van der Waals surface area contributed by atoms with Crippen molar-refractivity contribution in [3.63, 3.8) is 0 Å². The van der Waals surface area contributed by atoms with Gasteiger partial charge in [0.05, 0.1) is 12.5 Å². The van der Waals surface area contributed by atoms with Gasteiger partial charge in [0.2, 0.25) is 5.91 Å². The second-order valence-electron chi connectivity index (χ2n) is 5.01. The molecule has 1 amide bonds. The summed E-state index contributed by atoms with van der Waals surface area (Å²) in [7, 11) is 0. The minimum absolute atomic E-state index is 0.0494. The second-order valence-corrected chi connectivity index (χ2v) is 5.89. The molecule has 0 fully saturated rings. The van der Waals surface area contributed by atoms with Gasteiger partial charge in [0.25, 0.3) is 0 Å². The Morgan fingerprint density at radius 3 is 2.43 bits per heavy atom. The molecule has 1 rings (SSSR count). The molecule has 0 aliphatic rings. The molecule has 1 aromatic rings. The number of hydrogen-bond donors (Lipinski definition) is 3. The average Bonchev–Trinajstić information content (AvgIpc) is 2.42. The van der Waals surface area contributed by atoms with Crippen LogP contribution in [0.3, 0.4) is 0 Å². The molecule has 6 heteroatoms. The molecule has 21 heavy (non-hydrogen) atoms. The Morgan fingerprint density at radius 2 is 1.90 bits per heavy atom. The number of halogens is 2. The summed E-state index contributed by atoms with van der Waals surface area (Å²) in [5, 5.41) is 22.6. The van der Waals surface area contributed by atoms with Crippen LogP contribution in [0.1, 0.15) is 37.9 Å². The molecular formula is C15H21Cl2NO3. The molecule has 2 atom stereocenters. The highest BCUT2D eigenvalue weighted by Crippen LogP contribution is 2.25. The zero-order chi connectivity index (χ0) is 15.8. The van der Waals surface area contributed by atoms with E-state index in [0.29, 0.717) is 28.6 Å².